The zero-order valence-corrected chi connectivity index (χ0v) is 14.6. The summed E-state index contributed by atoms with van der Waals surface area (Å²) >= 11 is 6.41. The minimum absolute atomic E-state index is 0.398. The molecule has 0 aromatic carbocycles. The van der Waals surface area contributed by atoms with Crippen molar-refractivity contribution in [2.45, 2.75) is 27.7 Å². The van der Waals surface area contributed by atoms with Crippen LogP contribution in [0.15, 0.2) is 26.8 Å². The van der Waals surface area contributed by atoms with Crippen LogP contribution in [0.2, 0.25) is 0 Å². The Balaban J connectivity index is 1.97. The lowest BCUT2D eigenvalue weighted by atomic mass is 10.3. The third kappa shape index (κ3) is 1.60. The number of halogens is 1. The van der Waals surface area contributed by atoms with Gasteiger partial charge in [0.25, 0.3) is 5.11 Å². The molecule has 0 fully saturated rings. The van der Waals surface area contributed by atoms with Gasteiger partial charge in [-0.2, -0.15) is 8.96 Å². The molecule has 4 rings (SSSR count). The molecule has 1 aromatic rings. The Bertz CT molecular complexity index is 866. The SMILES string of the molecule is CC1=NC2=NC3=S(N2C(C)=C1Cl)[n+]1c(C)cc(C)nc1N3C. The van der Waals surface area contributed by atoms with Gasteiger partial charge < -0.3 is 0 Å². The van der Waals surface area contributed by atoms with E-state index in [9.17, 15) is 0 Å². The molecule has 0 saturated carbocycles. The van der Waals surface area contributed by atoms with Gasteiger partial charge in [0.15, 0.2) is 0 Å². The Labute approximate surface area is 136 Å². The van der Waals surface area contributed by atoms with E-state index in [1.165, 1.54) is 0 Å². The Morgan fingerprint density at radius 2 is 1.91 bits per heavy atom. The van der Waals surface area contributed by atoms with Crippen LogP contribution >= 0.6 is 22.5 Å². The van der Waals surface area contributed by atoms with Gasteiger partial charge in [0.1, 0.15) is 16.6 Å². The lowest BCUT2D eigenvalue weighted by Gasteiger charge is -2.25. The summed E-state index contributed by atoms with van der Waals surface area (Å²) < 4.78 is 4.32. The lowest BCUT2D eigenvalue weighted by Crippen LogP contribution is -2.41. The quantitative estimate of drug-likeness (QED) is 0.539. The van der Waals surface area contributed by atoms with Crippen LogP contribution in [0.25, 0.3) is 0 Å². The van der Waals surface area contributed by atoms with Crippen molar-refractivity contribution in [1.29, 1.82) is 0 Å². The molecule has 4 heterocycles. The van der Waals surface area contributed by atoms with Crippen molar-refractivity contribution in [3.8, 4) is 0 Å². The van der Waals surface area contributed by atoms with Crippen LogP contribution in [0.3, 0.4) is 0 Å². The topological polar surface area (TPSA) is 48.0 Å². The van der Waals surface area contributed by atoms with Crippen molar-refractivity contribution in [3.05, 3.63) is 28.2 Å². The van der Waals surface area contributed by atoms with Crippen molar-refractivity contribution < 1.29 is 3.97 Å². The van der Waals surface area contributed by atoms with E-state index < -0.39 is 10.9 Å². The Kier molecular flexibility index (Phi) is 2.77. The van der Waals surface area contributed by atoms with Crippen LogP contribution in [-0.4, -0.2) is 33.1 Å². The zero-order chi connectivity index (χ0) is 15.8. The second kappa shape index (κ2) is 4.39. The fraction of sp³-hybridized carbons (Fsp3) is 0.357. The molecule has 0 radical (unpaired) electrons. The number of anilines is 1. The van der Waals surface area contributed by atoms with Gasteiger partial charge >= 0.3 is 5.95 Å². The van der Waals surface area contributed by atoms with Gasteiger partial charge in [-0.1, -0.05) is 16.6 Å². The van der Waals surface area contributed by atoms with E-state index in [-0.39, 0.29) is 0 Å². The van der Waals surface area contributed by atoms with E-state index in [2.05, 4.69) is 31.2 Å². The van der Waals surface area contributed by atoms with E-state index in [0.717, 1.165) is 33.9 Å². The summed E-state index contributed by atoms with van der Waals surface area (Å²) in [5.41, 5.74) is 3.95. The summed E-state index contributed by atoms with van der Waals surface area (Å²) in [4.78, 5) is 16.0. The Morgan fingerprint density at radius 1 is 1.18 bits per heavy atom. The number of allylic oxidation sites excluding steroid dienone is 2. The maximum atomic E-state index is 6.41. The minimum atomic E-state index is -0.398. The average molecular weight is 336 g/mol. The molecule has 1 aromatic heterocycles. The standard InChI is InChI=1S/C14H16ClN6S/c1-7-6-8(2)20-13(16-7)19(5)14-18-12-17-9(3)11(15)10(4)21(12)22(14)20/h6H,1-5H3/q+1. The van der Waals surface area contributed by atoms with Gasteiger partial charge in [-0.25, -0.2) is 14.2 Å². The monoisotopic (exact) mass is 335 g/mol. The van der Waals surface area contributed by atoms with Crippen molar-refractivity contribution in [1.82, 2.24) is 9.29 Å². The van der Waals surface area contributed by atoms with Crippen LogP contribution in [-0.2, 0) is 0 Å². The molecule has 22 heavy (non-hydrogen) atoms. The number of fused-ring (bicyclic) bond motifs is 4. The summed E-state index contributed by atoms with van der Waals surface area (Å²) in [6.07, 6.45) is 0. The molecule has 0 amide bonds. The maximum Gasteiger partial charge on any atom is 0.413 e. The molecule has 0 N–H and O–H groups in total. The third-order valence-electron chi connectivity index (χ3n) is 3.88. The summed E-state index contributed by atoms with van der Waals surface area (Å²) in [7, 11) is 1.60. The highest BCUT2D eigenvalue weighted by Crippen LogP contribution is 2.40. The first-order valence-corrected chi connectivity index (χ1v) is 8.48. The second-order valence-corrected chi connectivity index (χ2v) is 7.54. The molecule has 3 aliphatic heterocycles. The number of rotatable bonds is 0. The Hall–Kier alpha value is -1.73. The first kappa shape index (κ1) is 13.9. The zero-order valence-electron chi connectivity index (χ0n) is 13.0. The van der Waals surface area contributed by atoms with Crippen molar-refractivity contribution in [3.63, 3.8) is 0 Å². The first-order chi connectivity index (χ1) is 10.4. The molecule has 3 aliphatic rings. The van der Waals surface area contributed by atoms with Gasteiger partial charge in [-0.3, -0.25) is 0 Å². The number of hydrogen-bond acceptors (Lipinski definition) is 5. The number of guanidine groups is 1. The fourth-order valence-corrected chi connectivity index (χ4v) is 5.24. The van der Waals surface area contributed by atoms with Crippen LogP contribution < -0.4 is 8.87 Å². The highest BCUT2D eigenvalue weighted by atomic mass is 35.5. The van der Waals surface area contributed by atoms with Gasteiger partial charge in [0, 0.05) is 6.07 Å². The van der Waals surface area contributed by atoms with Crippen LogP contribution in [0.5, 0.6) is 0 Å². The summed E-state index contributed by atoms with van der Waals surface area (Å²) in [5, 5.41) is 1.65. The first-order valence-electron chi connectivity index (χ1n) is 6.97. The lowest BCUT2D eigenvalue weighted by molar-refractivity contribution is -0.493. The number of aromatic nitrogens is 2. The van der Waals surface area contributed by atoms with E-state index >= 15 is 0 Å². The van der Waals surface area contributed by atoms with Gasteiger partial charge in [-0.05, 0) is 27.7 Å². The molecule has 0 spiro atoms. The Morgan fingerprint density at radius 3 is 2.64 bits per heavy atom. The van der Waals surface area contributed by atoms with Crippen molar-refractivity contribution in [2.24, 2.45) is 9.98 Å². The van der Waals surface area contributed by atoms with E-state index in [4.69, 9.17) is 16.6 Å². The van der Waals surface area contributed by atoms with Gasteiger partial charge in [0.2, 0.25) is 5.96 Å². The summed E-state index contributed by atoms with van der Waals surface area (Å²) in [6, 6.07) is 2.09. The minimum Gasteiger partial charge on any atom is -0.228 e. The van der Waals surface area contributed by atoms with Crippen molar-refractivity contribution in [2.75, 3.05) is 11.9 Å². The smallest absolute Gasteiger partial charge is 0.228 e. The molecule has 114 valence electrons. The largest absolute Gasteiger partial charge is 0.413 e. The fourth-order valence-electron chi connectivity index (χ4n) is 2.86. The van der Waals surface area contributed by atoms with Crippen LogP contribution in [0.4, 0.5) is 5.95 Å². The molecule has 1 atom stereocenters. The van der Waals surface area contributed by atoms with Crippen LogP contribution in [0, 0.1) is 13.8 Å². The number of aliphatic imine (C=N–C) groups is 2. The average Bonchev–Trinajstić information content (AvgIpc) is 2.93. The molecule has 0 aliphatic carbocycles. The molecule has 6 nitrogen and oxygen atoms in total. The predicted molar refractivity (Wildman–Crippen MR) is 91.2 cm³/mol. The van der Waals surface area contributed by atoms with E-state index in [0.29, 0.717) is 11.0 Å². The molecule has 1 unspecified atom stereocenters. The number of hydrogen-bond donors (Lipinski definition) is 0. The predicted octanol–water partition coefficient (Wildman–Crippen LogP) is 2.09. The molecule has 0 bridgehead atoms. The maximum absolute atomic E-state index is 6.41. The highest BCUT2D eigenvalue weighted by molar-refractivity contribution is 8.09. The van der Waals surface area contributed by atoms with Crippen molar-refractivity contribution >= 4 is 45.2 Å². The normalized spacial score (nSPS) is 22.6. The van der Waals surface area contributed by atoms with E-state index in [1.54, 1.807) is 0 Å². The van der Waals surface area contributed by atoms with Gasteiger partial charge in [-0.15, -0.1) is 0 Å². The summed E-state index contributed by atoms with van der Waals surface area (Å²) in [6.45, 7) is 8.03. The van der Waals surface area contributed by atoms with E-state index in [1.807, 2.05) is 32.7 Å². The number of nitrogens with zero attached hydrogens (tertiary/aromatic N) is 6. The second-order valence-electron chi connectivity index (χ2n) is 5.54. The highest BCUT2D eigenvalue weighted by Gasteiger charge is 2.46. The van der Waals surface area contributed by atoms with Crippen LogP contribution in [0.1, 0.15) is 25.2 Å². The molecule has 0 saturated heterocycles. The molecular formula is C14H16ClN6S+. The molecular weight excluding hydrogens is 320 g/mol. The molecule has 8 heteroatoms. The number of aryl methyl sites for hydroxylation is 2. The third-order valence-corrected chi connectivity index (χ3v) is 6.70. The summed E-state index contributed by atoms with van der Waals surface area (Å²) in [5.74, 6) is 1.62. The van der Waals surface area contributed by atoms with Gasteiger partial charge in [0.05, 0.1) is 29.2 Å².